The Morgan fingerprint density at radius 2 is 2.15 bits per heavy atom. The number of rotatable bonds is 3. The number of carboxylic acid groups (broad SMARTS) is 1. The topological polar surface area (TPSA) is 63.1 Å². The summed E-state index contributed by atoms with van der Waals surface area (Å²) in [5, 5.41) is 9.77. The Labute approximate surface area is 119 Å². The van der Waals surface area contributed by atoms with E-state index in [2.05, 4.69) is 9.97 Å². The van der Waals surface area contributed by atoms with Gasteiger partial charge in [0.05, 0.1) is 5.56 Å². The molecule has 0 saturated carbocycles. The quantitative estimate of drug-likeness (QED) is 0.880. The Morgan fingerprint density at radius 3 is 2.95 bits per heavy atom. The predicted molar refractivity (Wildman–Crippen MR) is 71.5 cm³/mol. The maximum atomic E-state index is 13.4. The molecule has 20 heavy (non-hydrogen) atoms. The van der Waals surface area contributed by atoms with E-state index in [1.165, 1.54) is 30.2 Å². The molecule has 0 unspecified atom stereocenters. The first-order valence-electron chi connectivity index (χ1n) is 6.18. The van der Waals surface area contributed by atoms with Crippen molar-refractivity contribution in [2.45, 2.75) is 29.2 Å². The lowest BCUT2D eigenvalue weighted by Crippen LogP contribution is -2.00. The summed E-state index contributed by atoms with van der Waals surface area (Å²) in [4.78, 5) is 20.1. The molecular formula is C14H11FN2O2S. The van der Waals surface area contributed by atoms with Gasteiger partial charge in [-0.2, -0.15) is 0 Å². The van der Waals surface area contributed by atoms with Crippen LogP contribution in [0.5, 0.6) is 0 Å². The number of benzene rings is 1. The van der Waals surface area contributed by atoms with E-state index in [1.807, 2.05) is 0 Å². The second-order valence-corrected chi connectivity index (χ2v) is 5.57. The SMILES string of the molecule is O=C(O)c1cc(Sc2ncnc3c2CCC3)ccc1F. The van der Waals surface area contributed by atoms with Gasteiger partial charge in [0.15, 0.2) is 0 Å². The van der Waals surface area contributed by atoms with E-state index in [0.29, 0.717) is 4.90 Å². The number of nitrogens with zero attached hydrogens (tertiary/aromatic N) is 2. The van der Waals surface area contributed by atoms with E-state index in [1.54, 1.807) is 6.07 Å². The second kappa shape index (κ2) is 5.20. The van der Waals surface area contributed by atoms with Crippen molar-refractivity contribution in [2.75, 3.05) is 0 Å². The van der Waals surface area contributed by atoms with E-state index in [9.17, 15) is 9.18 Å². The molecule has 1 aliphatic rings. The Kier molecular flexibility index (Phi) is 3.40. The van der Waals surface area contributed by atoms with Crippen molar-refractivity contribution in [1.29, 1.82) is 0 Å². The fourth-order valence-electron chi connectivity index (χ4n) is 2.26. The van der Waals surface area contributed by atoms with Crippen LogP contribution in [0.25, 0.3) is 0 Å². The van der Waals surface area contributed by atoms with Crippen molar-refractivity contribution >= 4 is 17.7 Å². The lowest BCUT2D eigenvalue weighted by molar-refractivity contribution is 0.0691. The van der Waals surface area contributed by atoms with E-state index in [4.69, 9.17) is 5.11 Å². The maximum absolute atomic E-state index is 13.4. The molecule has 1 heterocycles. The lowest BCUT2D eigenvalue weighted by atomic mass is 10.2. The monoisotopic (exact) mass is 290 g/mol. The van der Waals surface area contributed by atoms with Crippen LogP contribution in [0.15, 0.2) is 34.4 Å². The molecule has 1 aliphatic carbocycles. The highest BCUT2D eigenvalue weighted by Gasteiger charge is 2.18. The summed E-state index contributed by atoms with van der Waals surface area (Å²) in [7, 11) is 0. The van der Waals surface area contributed by atoms with Crippen molar-refractivity contribution in [3.8, 4) is 0 Å². The number of carbonyl (C=O) groups is 1. The zero-order valence-electron chi connectivity index (χ0n) is 10.5. The van der Waals surface area contributed by atoms with Crippen LogP contribution < -0.4 is 0 Å². The molecule has 1 aromatic carbocycles. The van der Waals surface area contributed by atoms with E-state index in [0.717, 1.165) is 35.5 Å². The number of aryl methyl sites for hydroxylation is 1. The summed E-state index contributed by atoms with van der Waals surface area (Å²) in [5.41, 5.74) is 1.86. The minimum absolute atomic E-state index is 0.319. The highest BCUT2D eigenvalue weighted by Crippen LogP contribution is 2.34. The van der Waals surface area contributed by atoms with Crippen LogP contribution in [0.2, 0.25) is 0 Å². The summed E-state index contributed by atoms with van der Waals surface area (Å²) in [5.74, 6) is -1.99. The summed E-state index contributed by atoms with van der Waals surface area (Å²) < 4.78 is 13.4. The summed E-state index contributed by atoms with van der Waals surface area (Å²) in [6, 6.07) is 4.08. The molecule has 0 aliphatic heterocycles. The average Bonchev–Trinajstić information content (AvgIpc) is 2.90. The van der Waals surface area contributed by atoms with E-state index >= 15 is 0 Å². The molecule has 0 amide bonds. The summed E-state index contributed by atoms with van der Waals surface area (Å²) >= 11 is 1.35. The minimum atomic E-state index is -1.27. The van der Waals surface area contributed by atoms with Gasteiger partial charge in [-0.3, -0.25) is 0 Å². The van der Waals surface area contributed by atoms with Crippen LogP contribution in [-0.4, -0.2) is 21.0 Å². The van der Waals surface area contributed by atoms with Gasteiger partial charge in [0, 0.05) is 16.2 Å². The fourth-order valence-corrected chi connectivity index (χ4v) is 3.24. The predicted octanol–water partition coefficient (Wildman–Crippen LogP) is 2.95. The summed E-state index contributed by atoms with van der Waals surface area (Å²) in [6.45, 7) is 0. The molecule has 4 nitrogen and oxygen atoms in total. The first kappa shape index (κ1) is 13.1. The number of hydrogen-bond acceptors (Lipinski definition) is 4. The van der Waals surface area contributed by atoms with Crippen LogP contribution in [0.3, 0.4) is 0 Å². The van der Waals surface area contributed by atoms with Gasteiger partial charge in [-0.05, 0) is 37.5 Å². The molecule has 0 atom stereocenters. The number of halogens is 1. The first-order chi connectivity index (χ1) is 9.65. The highest BCUT2D eigenvalue weighted by molar-refractivity contribution is 7.99. The van der Waals surface area contributed by atoms with Crippen LogP contribution in [-0.2, 0) is 12.8 Å². The van der Waals surface area contributed by atoms with Gasteiger partial charge < -0.3 is 5.11 Å². The van der Waals surface area contributed by atoms with Crippen molar-refractivity contribution < 1.29 is 14.3 Å². The molecule has 0 spiro atoms. The largest absolute Gasteiger partial charge is 0.478 e. The number of aromatic nitrogens is 2. The summed E-state index contributed by atoms with van der Waals surface area (Å²) in [6.07, 6.45) is 4.47. The van der Waals surface area contributed by atoms with E-state index in [-0.39, 0.29) is 5.56 Å². The lowest BCUT2D eigenvalue weighted by Gasteiger charge is -2.07. The average molecular weight is 290 g/mol. The standard InChI is InChI=1S/C14H11FN2O2S/c15-11-5-4-8(6-10(11)14(18)19)20-13-9-2-1-3-12(9)16-7-17-13/h4-7H,1-3H2,(H,18,19). The molecule has 2 aromatic rings. The third-order valence-electron chi connectivity index (χ3n) is 3.22. The number of hydrogen-bond donors (Lipinski definition) is 1. The van der Waals surface area contributed by atoms with Crippen molar-refractivity contribution in [2.24, 2.45) is 0 Å². The number of carboxylic acids is 1. The van der Waals surface area contributed by atoms with Crippen LogP contribution in [0, 0.1) is 5.82 Å². The van der Waals surface area contributed by atoms with Crippen LogP contribution in [0.4, 0.5) is 4.39 Å². The molecule has 3 rings (SSSR count). The molecular weight excluding hydrogens is 279 g/mol. The zero-order valence-corrected chi connectivity index (χ0v) is 11.3. The molecule has 102 valence electrons. The third kappa shape index (κ3) is 2.38. The molecule has 0 saturated heterocycles. The van der Waals surface area contributed by atoms with Crippen molar-refractivity contribution in [3.05, 3.63) is 47.2 Å². The van der Waals surface area contributed by atoms with Gasteiger partial charge in [-0.15, -0.1) is 0 Å². The molecule has 6 heteroatoms. The minimum Gasteiger partial charge on any atom is -0.478 e. The Balaban J connectivity index is 1.94. The number of aromatic carboxylic acids is 1. The molecule has 0 radical (unpaired) electrons. The molecule has 1 N–H and O–H groups in total. The van der Waals surface area contributed by atoms with Gasteiger partial charge in [-0.1, -0.05) is 11.8 Å². The van der Waals surface area contributed by atoms with Gasteiger partial charge in [0.25, 0.3) is 0 Å². The van der Waals surface area contributed by atoms with Gasteiger partial charge in [0.2, 0.25) is 0 Å². The van der Waals surface area contributed by atoms with Crippen molar-refractivity contribution in [1.82, 2.24) is 9.97 Å². The third-order valence-corrected chi connectivity index (χ3v) is 4.25. The highest BCUT2D eigenvalue weighted by atomic mass is 32.2. The second-order valence-electron chi connectivity index (χ2n) is 4.51. The van der Waals surface area contributed by atoms with Gasteiger partial charge in [-0.25, -0.2) is 19.2 Å². The van der Waals surface area contributed by atoms with E-state index < -0.39 is 11.8 Å². The molecule has 0 fully saturated rings. The van der Waals surface area contributed by atoms with Gasteiger partial charge >= 0.3 is 5.97 Å². The van der Waals surface area contributed by atoms with Crippen LogP contribution in [0.1, 0.15) is 28.0 Å². The van der Waals surface area contributed by atoms with Crippen molar-refractivity contribution in [3.63, 3.8) is 0 Å². The maximum Gasteiger partial charge on any atom is 0.338 e. The molecule has 1 aromatic heterocycles. The zero-order chi connectivity index (χ0) is 14.1. The first-order valence-corrected chi connectivity index (χ1v) is 7.00. The Hall–Kier alpha value is -1.95. The normalized spacial score (nSPS) is 13.2. The fraction of sp³-hybridized carbons (Fsp3) is 0.214. The Morgan fingerprint density at radius 1 is 1.30 bits per heavy atom. The smallest absolute Gasteiger partial charge is 0.338 e. The van der Waals surface area contributed by atoms with Crippen LogP contribution >= 0.6 is 11.8 Å². The molecule has 0 bridgehead atoms. The van der Waals surface area contributed by atoms with Gasteiger partial charge in [0.1, 0.15) is 17.2 Å². The Bertz CT molecular complexity index is 691. The number of fused-ring (bicyclic) bond motifs is 1.